The van der Waals surface area contributed by atoms with Crippen molar-refractivity contribution in [2.24, 2.45) is 17.8 Å². The van der Waals surface area contributed by atoms with Crippen LogP contribution in [0.2, 0.25) is 0 Å². The standard InChI is InChI=1S/C35H41BrN2O4/c1-3-23(18-25-19-26(36)10-11-30(25)39)9-12-31-32-22(2)17-28-33(29(32)21-42-31)35(41)38(34(28)40)27-13-15-37(16-14-27)20-24-7-5-4-6-8-24/h4-8,10-11,18-19,27-29,31,33,39H,3,9,12-17,20-21H2,1-2H3/b23-18+/t28-,29+,31-,33-/m1/s1. The molecule has 2 amide bonds. The Kier molecular flexibility index (Phi) is 8.71. The van der Waals surface area contributed by atoms with Crippen LogP contribution in [0, 0.1) is 17.8 Å². The lowest BCUT2D eigenvalue weighted by Gasteiger charge is -2.36. The molecular formula is C35H41BrN2O4. The highest BCUT2D eigenvalue weighted by molar-refractivity contribution is 9.10. The van der Waals surface area contributed by atoms with Crippen molar-refractivity contribution in [1.82, 2.24) is 9.80 Å². The molecular weight excluding hydrogens is 592 g/mol. The molecule has 0 unspecified atom stereocenters. The molecule has 0 aromatic heterocycles. The first-order valence-electron chi connectivity index (χ1n) is 15.5. The van der Waals surface area contributed by atoms with Crippen LogP contribution in [0.3, 0.4) is 0 Å². The fourth-order valence-electron chi connectivity index (χ4n) is 7.72. The molecule has 0 bridgehead atoms. The number of ether oxygens (including phenoxy) is 1. The number of aromatic hydroxyl groups is 1. The van der Waals surface area contributed by atoms with Gasteiger partial charge >= 0.3 is 0 Å². The largest absolute Gasteiger partial charge is 0.507 e. The predicted octanol–water partition coefficient (Wildman–Crippen LogP) is 6.73. The van der Waals surface area contributed by atoms with Crippen molar-refractivity contribution >= 4 is 33.8 Å². The van der Waals surface area contributed by atoms with Gasteiger partial charge in [0.15, 0.2) is 0 Å². The minimum atomic E-state index is -0.289. The van der Waals surface area contributed by atoms with Crippen molar-refractivity contribution in [2.75, 3.05) is 19.7 Å². The molecule has 0 radical (unpaired) electrons. The second-order valence-electron chi connectivity index (χ2n) is 12.4. The number of hydrogen-bond acceptors (Lipinski definition) is 5. The summed E-state index contributed by atoms with van der Waals surface area (Å²) in [6.45, 7) is 7.49. The van der Waals surface area contributed by atoms with Gasteiger partial charge in [-0.1, -0.05) is 70.4 Å². The number of rotatable bonds is 8. The summed E-state index contributed by atoms with van der Waals surface area (Å²) in [5.41, 5.74) is 5.85. The highest BCUT2D eigenvalue weighted by atomic mass is 79.9. The summed E-state index contributed by atoms with van der Waals surface area (Å²) in [6, 6.07) is 16.0. The number of benzene rings is 2. The summed E-state index contributed by atoms with van der Waals surface area (Å²) in [5, 5.41) is 10.3. The monoisotopic (exact) mass is 632 g/mol. The van der Waals surface area contributed by atoms with Crippen molar-refractivity contribution < 1.29 is 19.4 Å². The smallest absolute Gasteiger partial charge is 0.234 e. The second-order valence-corrected chi connectivity index (χ2v) is 13.4. The Bertz CT molecular complexity index is 1390. The lowest BCUT2D eigenvalue weighted by atomic mass is 9.70. The van der Waals surface area contributed by atoms with Crippen LogP contribution < -0.4 is 0 Å². The van der Waals surface area contributed by atoms with Crippen LogP contribution in [-0.2, 0) is 20.9 Å². The summed E-state index contributed by atoms with van der Waals surface area (Å²) in [5.74, 6) is -0.195. The molecule has 1 aliphatic carbocycles. The van der Waals surface area contributed by atoms with Crippen LogP contribution in [0.25, 0.3) is 6.08 Å². The topological polar surface area (TPSA) is 70.1 Å². The molecule has 3 saturated heterocycles. The molecule has 4 aliphatic rings. The summed E-state index contributed by atoms with van der Waals surface area (Å²) in [4.78, 5) is 31.7. The van der Waals surface area contributed by atoms with Crippen LogP contribution in [0.15, 0.2) is 69.7 Å². The number of imide groups is 1. The number of allylic oxidation sites excluding steroid dienone is 2. The third-order valence-corrected chi connectivity index (χ3v) is 10.4. The fourth-order valence-corrected chi connectivity index (χ4v) is 8.10. The van der Waals surface area contributed by atoms with E-state index in [0.29, 0.717) is 13.0 Å². The maximum absolute atomic E-state index is 13.9. The normalized spacial score (nSPS) is 27.1. The highest BCUT2D eigenvalue weighted by Gasteiger charge is 2.57. The van der Waals surface area contributed by atoms with E-state index >= 15 is 0 Å². The van der Waals surface area contributed by atoms with Crippen LogP contribution in [0.1, 0.15) is 63.5 Å². The maximum Gasteiger partial charge on any atom is 0.234 e. The fraction of sp³-hybridized carbons (Fsp3) is 0.486. The third kappa shape index (κ3) is 5.76. The lowest BCUT2D eigenvalue weighted by Crippen LogP contribution is -2.47. The Labute approximate surface area is 257 Å². The van der Waals surface area contributed by atoms with Gasteiger partial charge in [-0.15, -0.1) is 0 Å². The maximum atomic E-state index is 13.9. The van der Waals surface area contributed by atoms with E-state index in [1.165, 1.54) is 22.3 Å². The number of carbonyl (C=O) groups is 2. The van der Waals surface area contributed by atoms with Gasteiger partial charge in [-0.25, -0.2) is 0 Å². The molecule has 4 atom stereocenters. The number of likely N-dealkylation sites (tertiary alicyclic amines) is 2. The first-order chi connectivity index (χ1) is 20.3. The molecule has 42 heavy (non-hydrogen) atoms. The van der Waals surface area contributed by atoms with E-state index in [9.17, 15) is 14.7 Å². The molecule has 7 heteroatoms. The van der Waals surface area contributed by atoms with E-state index in [-0.39, 0.29) is 47.5 Å². The van der Waals surface area contributed by atoms with Crippen LogP contribution in [-0.4, -0.2) is 58.6 Å². The summed E-state index contributed by atoms with van der Waals surface area (Å²) in [6.07, 6.45) is 6.96. The molecule has 3 fully saturated rings. The van der Waals surface area contributed by atoms with Crippen molar-refractivity contribution in [3.05, 3.63) is 80.8 Å². The zero-order chi connectivity index (χ0) is 29.4. The van der Waals surface area contributed by atoms with E-state index in [0.717, 1.165) is 61.8 Å². The number of amides is 2. The van der Waals surface area contributed by atoms with Gasteiger partial charge < -0.3 is 9.84 Å². The van der Waals surface area contributed by atoms with Gasteiger partial charge in [-0.05, 0) is 74.8 Å². The molecule has 3 heterocycles. The molecule has 3 aliphatic heterocycles. The Morgan fingerprint density at radius 3 is 2.57 bits per heavy atom. The molecule has 2 aromatic carbocycles. The van der Waals surface area contributed by atoms with Gasteiger partial charge in [0, 0.05) is 41.6 Å². The Morgan fingerprint density at radius 1 is 1.07 bits per heavy atom. The van der Waals surface area contributed by atoms with Crippen molar-refractivity contribution in [2.45, 2.75) is 71.1 Å². The Balaban J connectivity index is 1.11. The summed E-state index contributed by atoms with van der Waals surface area (Å²) < 4.78 is 7.31. The predicted molar refractivity (Wildman–Crippen MR) is 167 cm³/mol. The van der Waals surface area contributed by atoms with Gasteiger partial charge in [0.25, 0.3) is 0 Å². The van der Waals surface area contributed by atoms with Crippen molar-refractivity contribution in [3.8, 4) is 5.75 Å². The SMILES string of the molecule is CC/C(=C\c1cc(Br)ccc1O)CC[C@H]1OC[C@H]2C1=C(C)C[C@H]1C(=O)N(C3CCN(Cc4ccccc4)CC3)C(=O)[C@H]12. The number of nitrogens with zero attached hydrogens (tertiary/aromatic N) is 2. The average Bonchev–Trinajstić information content (AvgIpc) is 3.52. The van der Waals surface area contributed by atoms with Crippen molar-refractivity contribution in [1.29, 1.82) is 0 Å². The number of phenolic OH excluding ortho intramolecular Hbond substituents is 1. The zero-order valence-corrected chi connectivity index (χ0v) is 26.2. The second kappa shape index (κ2) is 12.5. The first kappa shape index (κ1) is 29.3. The lowest BCUT2D eigenvalue weighted by molar-refractivity contribution is -0.144. The van der Waals surface area contributed by atoms with Crippen LogP contribution >= 0.6 is 15.9 Å². The van der Waals surface area contributed by atoms with Crippen LogP contribution in [0.5, 0.6) is 5.75 Å². The van der Waals surface area contributed by atoms with E-state index in [4.69, 9.17) is 4.74 Å². The van der Waals surface area contributed by atoms with Gasteiger partial charge in [0.2, 0.25) is 11.8 Å². The Hall–Kier alpha value is -2.74. The van der Waals surface area contributed by atoms with E-state index < -0.39 is 0 Å². The van der Waals surface area contributed by atoms with Gasteiger partial charge in [0.05, 0.1) is 24.5 Å². The van der Waals surface area contributed by atoms with Gasteiger partial charge in [-0.3, -0.25) is 19.4 Å². The number of carbonyl (C=O) groups excluding carboxylic acids is 2. The molecule has 0 spiro atoms. The number of piperidine rings is 1. The minimum absolute atomic E-state index is 0.00320. The van der Waals surface area contributed by atoms with Crippen LogP contribution in [0.4, 0.5) is 0 Å². The van der Waals surface area contributed by atoms with Gasteiger partial charge in [-0.2, -0.15) is 0 Å². The van der Waals surface area contributed by atoms with Gasteiger partial charge in [0.1, 0.15) is 5.75 Å². The molecule has 1 N–H and O–H groups in total. The number of halogens is 1. The summed E-state index contributed by atoms with van der Waals surface area (Å²) in [7, 11) is 0. The average molecular weight is 634 g/mol. The number of phenols is 1. The van der Waals surface area contributed by atoms with E-state index in [1.807, 2.05) is 18.2 Å². The molecule has 6 nitrogen and oxygen atoms in total. The summed E-state index contributed by atoms with van der Waals surface area (Å²) >= 11 is 3.50. The van der Waals surface area contributed by atoms with Crippen molar-refractivity contribution in [3.63, 3.8) is 0 Å². The number of hydrogen-bond donors (Lipinski definition) is 1. The Morgan fingerprint density at radius 2 is 1.83 bits per heavy atom. The first-order valence-corrected chi connectivity index (χ1v) is 16.3. The van der Waals surface area contributed by atoms with E-state index in [2.05, 4.69) is 65.0 Å². The molecule has 2 aromatic rings. The zero-order valence-electron chi connectivity index (χ0n) is 24.6. The molecule has 0 saturated carbocycles. The molecule has 6 rings (SSSR count). The van der Waals surface area contributed by atoms with E-state index in [1.54, 1.807) is 11.0 Å². The molecule has 222 valence electrons. The highest BCUT2D eigenvalue weighted by Crippen LogP contribution is 2.50. The quantitative estimate of drug-likeness (QED) is 0.258. The minimum Gasteiger partial charge on any atom is -0.507 e. The number of fused-ring (bicyclic) bond motifs is 3. The third-order valence-electron chi connectivity index (χ3n) is 9.89.